The fraction of sp³-hybridized carbons (Fsp3) is 0.364. The Morgan fingerprint density at radius 1 is 1.56 bits per heavy atom. The molecule has 1 aliphatic rings. The van der Waals surface area contributed by atoms with Gasteiger partial charge in [-0.05, 0) is 31.0 Å². The molecule has 1 heterocycles. The molecule has 1 aliphatic heterocycles. The number of carbonyl (C=O) groups excluding carboxylic acids is 1. The number of anilines is 1. The lowest BCUT2D eigenvalue weighted by atomic mass is 10.1. The Hall–Kier alpha value is -1.07. The highest BCUT2D eigenvalue weighted by Crippen LogP contribution is 2.38. The number of hydrogen-bond donors (Lipinski definition) is 2. The molecule has 1 amide bonds. The maximum absolute atomic E-state index is 11.6. The third-order valence-electron chi connectivity index (χ3n) is 2.67. The quantitative estimate of drug-likeness (QED) is 0.825. The molecular formula is C11H13BrN2O2. The van der Waals surface area contributed by atoms with Crippen LogP contribution in [0.3, 0.4) is 0 Å². The smallest absolute Gasteiger partial charge is 0.266 e. The van der Waals surface area contributed by atoms with Gasteiger partial charge in [-0.3, -0.25) is 4.79 Å². The first-order valence-corrected chi connectivity index (χ1v) is 5.81. The van der Waals surface area contributed by atoms with E-state index < -0.39 is 6.10 Å². The Balaban J connectivity index is 2.51. The Morgan fingerprint density at radius 2 is 2.25 bits per heavy atom. The highest BCUT2D eigenvalue weighted by atomic mass is 79.9. The summed E-state index contributed by atoms with van der Waals surface area (Å²) in [4.78, 5) is 11.6. The predicted molar refractivity (Wildman–Crippen MR) is 65.7 cm³/mol. The van der Waals surface area contributed by atoms with Crippen LogP contribution in [0, 0.1) is 13.8 Å². The lowest BCUT2D eigenvalue weighted by molar-refractivity contribution is -0.123. The summed E-state index contributed by atoms with van der Waals surface area (Å²) in [5, 5.41) is 2.82. The van der Waals surface area contributed by atoms with Crippen molar-refractivity contribution in [2.75, 3.05) is 11.9 Å². The average Bonchev–Trinajstić information content (AvgIpc) is 2.27. The minimum atomic E-state index is -0.590. The third kappa shape index (κ3) is 1.70. The minimum absolute atomic E-state index is 0.180. The maximum atomic E-state index is 11.6. The van der Waals surface area contributed by atoms with Gasteiger partial charge in [-0.25, -0.2) is 0 Å². The van der Waals surface area contributed by atoms with E-state index in [0.717, 1.165) is 21.3 Å². The fourth-order valence-corrected chi connectivity index (χ4v) is 2.05. The molecule has 0 bridgehead atoms. The molecule has 4 nitrogen and oxygen atoms in total. The van der Waals surface area contributed by atoms with Gasteiger partial charge in [-0.2, -0.15) is 0 Å². The monoisotopic (exact) mass is 284 g/mol. The van der Waals surface area contributed by atoms with E-state index >= 15 is 0 Å². The Morgan fingerprint density at radius 3 is 2.88 bits per heavy atom. The van der Waals surface area contributed by atoms with Crippen LogP contribution < -0.4 is 15.8 Å². The van der Waals surface area contributed by atoms with E-state index in [-0.39, 0.29) is 12.5 Å². The molecule has 0 saturated carbocycles. The first-order chi connectivity index (χ1) is 7.54. The van der Waals surface area contributed by atoms with Crippen LogP contribution in [0.25, 0.3) is 0 Å². The molecule has 0 aliphatic carbocycles. The number of fused-ring (bicyclic) bond motifs is 1. The first kappa shape index (κ1) is 11.4. The van der Waals surface area contributed by atoms with Gasteiger partial charge in [-0.1, -0.05) is 15.9 Å². The number of aryl methyl sites for hydroxylation is 1. The zero-order chi connectivity index (χ0) is 11.9. The van der Waals surface area contributed by atoms with Gasteiger partial charge in [0.25, 0.3) is 5.91 Å². The van der Waals surface area contributed by atoms with Crippen molar-refractivity contribution in [2.45, 2.75) is 20.0 Å². The number of benzene rings is 1. The predicted octanol–water partition coefficient (Wildman–Crippen LogP) is 1.72. The van der Waals surface area contributed by atoms with Crippen LogP contribution in [0.5, 0.6) is 5.75 Å². The topological polar surface area (TPSA) is 64.4 Å². The molecule has 16 heavy (non-hydrogen) atoms. The summed E-state index contributed by atoms with van der Waals surface area (Å²) >= 11 is 3.48. The van der Waals surface area contributed by atoms with Gasteiger partial charge in [-0.15, -0.1) is 0 Å². The molecular weight excluding hydrogens is 272 g/mol. The van der Waals surface area contributed by atoms with Crippen molar-refractivity contribution in [3.05, 3.63) is 21.7 Å². The summed E-state index contributed by atoms with van der Waals surface area (Å²) in [5.41, 5.74) is 8.23. The van der Waals surface area contributed by atoms with Gasteiger partial charge >= 0.3 is 0 Å². The van der Waals surface area contributed by atoms with E-state index in [1.165, 1.54) is 0 Å². The second-order valence-corrected chi connectivity index (χ2v) is 4.63. The second kappa shape index (κ2) is 4.07. The summed E-state index contributed by atoms with van der Waals surface area (Å²) in [6.45, 7) is 4.09. The summed E-state index contributed by atoms with van der Waals surface area (Å²) in [7, 11) is 0. The number of ether oxygens (including phenoxy) is 1. The summed E-state index contributed by atoms with van der Waals surface area (Å²) in [6, 6.07) is 1.90. The van der Waals surface area contributed by atoms with Crippen molar-refractivity contribution >= 4 is 27.5 Å². The lowest BCUT2D eigenvalue weighted by Gasteiger charge is -2.27. The van der Waals surface area contributed by atoms with Crippen molar-refractivity contribution in [1.29, 1.82) is 0 Å². The molecule has 0 spiro atoms. The second-order valence-electron chi connectivity index (χ2n) is 3.84. The molecule has 1 aromatic carbocycles. The van der Waals surface area contributed by atoms with Gasteiger partial charge in [0.05, 0.1) is 5.69 Å². The molecule has 1 atom stereocenters. The Bertz CT molecular complexity index is 460. The molecule has 1 unspecified atom stereocenters. The normalized spacial score (nSPS) is 18.8. The van der Waals surface area contributed by atoms with Crippen molar-refractivity contribution in [1.82, 2.24) is 0 Å². The van der Waals surface area contributed by atoms with Crippen molar-refractivity contribution in [3.63, 3.8) is 0 Å². The van der Waals surface area contributed by atoms with Gasteiger partial charge in [0, 0.05) is 11.0 Å². The average molecular weight is 285 g/mol. The SMILES string of the molecule is Cc1cc2c(c(C)c1Br)NC(=O)C(CN)O2. The van der Waals surface area contributed by atoms with Crippen LogP contribution in [-0.2, 0) is 4.79 Å². The fourth-order valence-electron chi connectivity index (χ4n) is 1.74. The minimum Gasteiger partial charge on any atom is -0.477 e. The van der Waals surface area contributed by atoms with Crippen LogP contribution in [0.4, 0.5) is 5.69 Å². The number of nitrogens with two attached hydrogens (primary N) is 1. The zero-order valence-electron chi connectivity index (χ0n) is 9.13. The Labute approximate surface area is 102 Å². The van der Waals surface area contributed by atoms with E-state index in [4.69, 9.17) is 10.5 Å². The van der Waals surface area contributed by atoms with Crippen LogP contribution in [-0.4, -0.2) is 18.6 Å². The first-order valence-electron chi connectivity index (χ1n) is 5.02. The molecule has 0 fully saturated rings. The molecule has 5 heteroatoms. The maximum Gasteiger partial charge on any atom is 0.266 e. The molecule has 1 aromatic rings. The number of rotatable bonds is 1. The van der Waals surface area contributed by atoms with Crippen molar-refractivity contribution in [3.8, 4) is 5.75 Å². The largest absolute Gasteiger partial charge is 0.477 e. The number of carbonyl (C=O) groups is 1. The summed E-state index contributed by atoms with van der Waals surface area (Å²) in [5.74, 6) is 0.502. The highest BCUT2D eigenvalue weighted by Gasteiger charge is 2.28. The van der Waals surface area contributed by atoms with E-state index in [1.54, 1.807) is 0 Å². The highest BCUT2D eigenvalue weighted by molar-refractivity contribution is 9.10. The number of nitrogens with one attached hydrogen (secondary N) is 1. The summed E-state index contributed by atoms with van der Waals surface area (Å²) in [6.07, 6.45) is -0.590. The molecule has 0 radical (unpaired) electrons. The van der Waals surface area contributed by atoms with E-state index in [1.807, 2.05) is 19.9 Å². The van der Waals surface area contributed by atoms with Gasteiger partial charge in [0.1, 0.15) is 5.75 Å². The van der Waals surface area contributed by atoms with Gasteiger partial charge in [0.15, 0.2) is 6.10 Å². The van der Waals surface area contributed by atoms with Gasteiger partial charge in [0.2, 0.25) is 0 Å². The molecule has 0 aromatic heterocycles. The molecule has 86 valence electrons. The van der Waals surface area contributed by atoms with Crippen molar-refractivity contribution < 1.29 is 9.53 Å². The van der Waals surface area contributed by atoms with E-state index in [2.05, 4.69) is 21.2 Å². The number of amides is 1. The number of hydrogen-bond acceptors (Lipinski definition) is 3. The number of halogens is 1. The molecule has 3 N–H and O–H groups in total. The zero-order valence-corrected chi connectivity index (χ0v) is 10.7. The van der Waals surface area contributed by atoms with Crippen LogP contribution in [0.1, 0.15) is 11.1 Å². The molecule has 0 saturated heterocycles. The van der Waals surface area contributed by atoms with Crippen molar-refractivity contribution in [2.24, 2.45) is 5.73 Å². The van der Waals surface area contributed by atoms with Crippen LogP contribution in [0.2, 0.25) is 0 Å². The van der Waals surface area contributed by atoms with Crippen LogP contribution in [0.15, 0.2) is 10.5 Å². The third-order valence-corrected chi connectivity index (χ3v) is 3.89. The van der Waals surface area contributed by atoms with Gasteiger partial charge < -0.3 is 15.8 Å². The standard InChI is InChI=1S/C11H13BrN2O2/c1-5-3-7-10(6(2)9(5)12)14-11(15)8(4-13)16-7/h3,8H,4,13H2,1-2H3,(H,14,15). The van der Waals surface area contributed by atoms with Crippen LogP contribution >= 0.6 is 15.9 Å². The molecule has 2 rings (SSSR count). The van der Waals surface area contributed by atoms with E-state index in [0.29, 0.717) is 5.75 Å². The van der Waals surface area contributed by atoms with E-state index in [9.17, 15) is 4.79 Å². The Kier molecular flexibility index (Phi) is 2.90. The summed E-state index contributed by atoms with van der Waals surface area (Å²) < 4.78 is 6.54. The lowest BCUT2D eigenvalue weighted by Crippen LogP contribution is -2.42.